The third-order valence-electron chi connectivity index (χ3n) is 12.0. The number of rotatable bonds is 28. The van der Waals surface area contributed by atoms with Gasteiger partial charge in [-0.25, -0.2) is 0 Å². The van der Waals surface area contributed by atoms with Crippen LogP contribution in [0.4, 0.5) is 0 Å². The van der Waals surface area contributed by atoms with Crippen LogP contribution in [0.1, 0.15) is 158 Å². The predicted molar refractivity (Wildman–Crippen MR) is 265 cm³/mol. The number of hydrogen-bond acceptors (Lipinski definition) is 8. The zero-order chi connectivity index (χ0) is 45.4. The van der Waals surface area contributed by atoms with Crippen LogP contribution in [-0.4, -0.2) is 71.9 Å². The van der Waals surface area contributed by atoms with Gasteiger partial charge in [-0.15, -0.1) is 0 Å². The molecule has 0 amide bonds. The summed E-state index contributed by atoms with van der Waals surface area (Å²) in [7, 11) is 0. The van der Waals surface area contributed by atoms with Crippen LogP contribution >= 0.6 is 0 Å². The minimum atomic E-state index is -0.111. The van der Waals surface area contributed by atoms with E-state index in [1.54, 1.807) is 18.2 Å². The monoisotopic (exact) mass is 893 g/mol. The zero-order valence-corrected chi connectivity index (χ0v) is 40.1. The maximum atomic E-state index is 14.5. The summed E-state index contributed by atoms with van der Waals surface area (Å²) < 4.78 is 41.4. The Balaban J connectivity index is 1.25. The van der Waals surface area contributed by atoms with Crippen molar-refractivity contribution in [2.24, 2.45) is 0 Å². The van der Waals surface area contributed by atoms with Crippen LogP contribution in [0.5, 0.6) is 23.0 Å². The van der Waals surface area contributed by atoms with Crippen molar-refractivity contribution >= 4 is 5.78 Å². The van der Waals surface area contributed by atoms with Crippen molar-refractivity contribution in [1.82, 2.24) is 0 Å². The van der Waals surface area contributed by atoms with E-state index in [1.165, 1.54) is 116 Å². The fourth-order valence-corrected chi connectivity index (χ4v) is 8.15. The Labute approximate surface area is 392 Å². The van der Waals surface area contributed by atoms with Crippen LogP contribution in [0.3, 0.4) is 0 Å². The Kier molecular flexibility index (Phi) is 25.7. The fraction of sp³-hybridized carbons (Fsp3) is 0.561. The summed E-state index contributed by atoms with van der Waals surface area (Å²) in [4.78, 5) is 14.5. The van der Waals surface area contributed by atoms with Crippen LogP contribution in [0.15, 0.2) is 84.9 Å². The summed E-state index contributed by atoms with van der Waals surface area (Å²) in [5, 5.41) is 0. The molecule has 65 heavy (non-hydrogen) atoms. The van der Waals surface area contributed by atoms with Gasteiger partial charge in [-0.05, 0) is 95.8 Å². The van der Waals surface area contributed by atoms with Gasteiger partial charge in [-0.2, -0.15) is 0 Å². The number of ether oxygens (including phenoxy) is 7. The van der Waals surface area contributed by atoms with E-state index < -0.39 is 0 Å². The van der Waals surface area contributed by atoms with E-state index in [1.807, 2.05) is 36.4 Å². The number of carbonyl (C=O) groups is 1. The Hall–Kier alpha value is -4.37. The number of ketones is 1. The zero-order valence-electron chi connectivity index (χ0n) is 40.1. The van der Waals surface area contributed by atoms with Crippen molar-refractivity contribution in [3.63, 3.8) is 0 Å². The number of benzene rings is 4. The van der Waals surface area contributed by atoms with Gasteiger partial charge in [0.25, 0.3) is 0 Å². The smallest absolute Gasteiger partial charge is 0.193 e. The maximum absolute atomic E-state index is 14.5. The van der Waals surface area contributed by atoms with Gasteiger partial charge in [-0.3, -0.25) is 4.79 Å². The largest absolute Gasteiger partial charge is 0.494 e. The SMILES string of the molecule is CCCCCCCCCCCCOc1ccc(-c2cc(C(=O)c3ccc4c(c3)OCCOCCOCCOCCO4)cc(-c3ccc(OCCCCCCCCCCCC)cc3)c2)cc1. The van der Waals surface area contributed by atoms with E-state index in [0.29, 0.717) is 88.7 Å². The highest BCUT2D eigenvalue weighted by Crippen LogP contribution is 2.34. The molecule has 1 aliphatic heterocycles. The normalized spacial score (nSPS) is 13.8. The van der Waals surface area contributed by atoms with E-state index >= 15 is 0 Å². The van der Waals surface area contributed by atoms with Crippen molar-refractivity contribution < 1.29 is 38.0 Å². The molecule has 0 spiro atoms. The molecule has 4 aromatic rings. The molecule has 0 atom stereocenters. The van der Waals surface area contributed by atoms with E-state index in [0.717, 1.165) is 46.6 Å². The van der Waals surface area contributed by atoms with Crippen molar-refractivity contribution in [1.29, 1.82) is 0 Å². The number of fused-ring (bicyclic) bond motifs is 1. The summed E-state index contributed by atoms with van der Waals surface area (Å²) in [6.45, 7) is 9.37. The quantitative estimate of drug-likeness (QED) is 0.0412. The van der Waals surface area contributed by atoms with Gasteiger partial charge < -0.3 is 33.2 Å². The van der Waals surface area contributed by atoms with Gasteiger partial charge in [0.2, 0.25) is 0 Å². The highest BCUT2D eigenvalue weighted by Gasteiger charge is 2.17. The first-order valence-corrected chi connectivity index (χ1v) is 25.4. The van der Waals surface area contributed by atoms with Gasteiger partial charge in [0.15, 0.2) is 17.3 Å². The minimum Gasteiger partial charge on any atom is -0.494 e. The topological polar surface area (TPSA) is 81.7 Å². The molecule has 0 aromatic heterocycles. The molecule has 5 rings (SSSR count). The summed E-state index contributed by atoms with van der Waals surface area (Å²) in [5.41, 5.74) is 4.99. The first-order valence-electron chi connectivity index (χ1n) is 25.4. The fourth-order valence-electron chi connectivity index (χ4n) is 8.15. The Morgan fingerprint density at radius 2 is 0.769 bits per heavy atom. The first kappa shape index (κ1) is 51.6. The van der Waals surface area contributed by atoms with Crippen molar-refractivity contribution in [3.8, 4) is 45.3 Å². The van der Waals surface area contributed by atoms with Gasteiger partial charge in [-0.1, -0.05) is 154 Å². The Morgan fingerprint density at radius 3 is 1.20 bits per heavy atom. The van der Waals surface area contributed by atoms with E-state index in [-0.39, 0.29) is 5.78 Å². The van der Waals surface area contributed by atoms with Gasteiger partial charge in [0.1, 0.15) is 24.7 Å². The van der Waals surface area contributed by atoms with Gasteiger partial charge >= 0.3 is 0 Å². The average Bonchev–Trinajstić information content (AvgIpc) is 3.35. The molecule has 0 radical (unpaired) electrons. The van der Waals surface area contributed by atoms with Gasteiger partial charge in [0, 0.05) is 11.1 Å². The van der Waals surface area contributed by atoms with E-state index in [9.17, 15) is 4.79 Å². The molecule has 0 saturated heterocycles. The molecule has 0 bridgehead atoms. The Morgan fingerprint density at radius 1 is 0.385 bits per heavy atom. The molecule has 8 nitrogen and oxygen atoms in total. The lowest BCUT2D eigenvalue weighted by Crippen LogP contribution is -2.13. The summed E-state index contributed by atoms with van der Waals surface area (Å²) in [6.07, 6.45) is 26.0. The maximum Gasteiger partial charge on any atom is 0.193 e. The second-order valence-electron chi connectivity index (χ2n) is 17.4. The highest BCUT2D eigenvalue weighted by molar-refractivity contribution is 6.10. The highest BCUT2D eigenvalue weighted by atomic mass is 16.6. The van der Waals surface area contributed by atoms with Crippen molar-refractivity contribution in [2.45, 2.75) is 142 Å². The van der Waals surface area contributed by atoms with Crippen LogP contribution in [0.25, 0.3) is 22.3 Å². The van der Waals surface area contributed by atoms with Crippen molar-refractivity contribution in [2.75, 3.05) is 66.1 Å². The Bertz CT molecular complexity index is 1770. The standard InChI is InChI=1S/C57H80O8/c1-3-5-7-9-11-13-15-17-19-21-33-62-53-28-23-47(24-29-53)50-43-51(48-25-30-54(31-26-48)63-34-22-20-18-16-14-12-10-8-6-4-2)45-52(44-50)57(58)49-27-32-55-56(46-49)65-42-40-61-38-36-59-35-37-60-39-41-64-55/h23-32,43-46H,3-22,33-42H2,1-2H3. The lowest BCUT2D eigenvalue weighted by Gasteiger charge is -2.15. The molecular weight excluding hydrogens is 813 g/mol. The molecule has 4 aromatic carbocycles. The summed E-state index contributed by atoms with van der Waals surface area (Å²) in [6, 6.07) is 28.0. The number of unbranched alkanes of at least 4 members (excludes halogenated alkanes) is 18. The molecule has 0 N–H and O–H groups in total. The van der Waals surface area contributed by atoms with Crippen LogP contribution in [-0.2, 0) is 14.2 Å². The first-order chi connectivity index (χ1) is 32.1. The molecule has 0 saturated carbocycles. The molecule has 356 valence electrons. The molecule has 0 unspecified atom stereocenters. The molecule has 0 aliphatic carbocycles. The third kappa shape index (κ3) is 20.4. The lowest BCUT2D eigenvalue weighted by molar-refractivity contribution is 0.00708. The lowest BCUT2D eigenvalue weighted by atomic mass is 9.93. The van der Waals surface area contributed by atoms with E-state index in [4.69, 9.17) is 33.2 Å². The van der Waals surface area contributed by atoms with Crippen LogP contribution in [0, 0.1) is 0 Å². The van der Waals surface area contributed by atoms with E-state index in [2.05, 4.69) is 44.2 Å². The number of hydrogen-bond donors (Lipinski definition) is 0. The third-order valence-corrected chi connectivity index (χ3v) is 12.0. The predicted octanol–water partition coefficient (Wildman–Crippen LogP) is 14.7. The molecule has 0 fully saturated rings. The minimum absolute atomic E-state index is 0.111. The van der Waals surface area contributed by atoms with Gasteiger partial charge in [0.05, 0.1) is 52.9 Å². The number of carbonyl (C=O) groups excluding carboxylic acids is 1. The van der Waals surface area contributed by atoms with Crippen molar-refractivity contribution in [3.05, 3.63) is 96.1 Å². The molecule has 1 aliphatic rings. The second kappa shape index (κ2) is 32.3. The molecular formula is C57H80O8. The summed E-state index contributed by atoms with van der Waals surface area (Å²) >= 11 is 0. The summed E-state index contributed by atoms with van der Waals surface area (Å²) in [5.74, 6) is 2.65. The average molecular weight is 893 g/mol. The van der Waals surface area contributed by atoms with Crippen LogP contribution in [0.2, 0.25) is 0 Å². The van der Waals surface area contributed by atoms with Crippen LogP contribution < -0.4 is 18.9 Å². The molecule has 1 heterocycles. The molecule has 8 heteroatoms. The second-order valence-corrected chi connectivity index (χ2v) is 17.4.